The van der Waals surface area contributed by atoms with Gasteiger partial charge in [-0.3, -0.25) is 9.36 Å². The molecule has 0 aliphatic heterocycles. The average molecular weight is 432 g/mol. The summed E-state index contributed by atoms with van der Waals surface area (Å²) < 4.78 is 12.6. The van der Waals surface area contributed by atoms with E-state index in [0.29, 0.717) is 30.7 Å². The van der Waals surface area contributed by atoms with Crippen LogP contribution in [-0.2, 0) is 13.0 Å². The van der Waals surface area contributed by atoms with Gasteiger partial charge in [0.05, 0.1) is 6.61 Å². The van der Waals surface area contributed by atoms with E-state index in [1.165, 1.54) is 0 Å². The number of aryl methyl sites for hydroxylation is 1. The average Bonchev–Trinajstić information content (AvgIpc) is 3.49. The maximum Gasteiger partial charge on any atom is 0.271 e. The predicted molar refractivity (Wildman–Crippen MR) is 117 cm³/mol. The summed E-state index contributed by atoms with van der Waals surface area (Å²) in [5, 5.41) is 6.87. The van der Waals surface area contributed by atoms with E-state index in [9.17, 15) is 4.79 Å². The van der Waals surface area contributed by atoms with Gasteiger partial charge in [0.15, 0.2) is 5.82 Å². The van der Waals surface area contributed by atoms with Gasteiger partial charge in [0.1, 0.15) is 23.6 Å². The maximum absolute atomic E-state index is 12.6. The van der Waals surface area contributed by atoms with E-state index in [2.05, 4.69) is 32.3 Å². The largest absolute Gasteiger partial charge is 0.494 e. The van der Waals surface area contributed by atoms with Crippen molar-refractivity contribution in [3.05, 3.63) is 72.2 Å². The van der Waals surface area contributed by atoms with E-state index in [4.69, 9.17) is 9.26 Å². The van der Waals surface area contributed by atoms with Crippen LogP contribution in [0.2, 0.25) is 0 Å². The van der Waals surface area contributed by atoms with Crippen LogP contribution in [0.5, 0.6) is 5.75 Å². The molecule has 0 radical (unpaired) electrons. The van der Waals surface area contributed by atoms with Crippen molar-refractivity contribution in [1.82, 2.24) is 30.0 Å². The van der Waals surface area contributed by atoms with Gasteiger partial charge >= 0.3 is 0 Å². The van der Waals surface area contributed by atoms with E-state index in [0.717, 1.165) is 29.7 Å². The quantitative estimate of drug-likeness (QED) is 0.430. The fraction of sp³-hybridized carbons (Fsp3) is 0.261. The number of ether oxygens (including phenoxy) is 1. The number of amides is 1. The van der Waals surface area contributed by atoms with Crippen LogP contribution in [0.1, 0.15) is 42.1 Å². The van der Waals surface area contributed by atoms with Gasteiger partial charge in [0.2, 0.25) is 0 Å². The highest BCUT2D eigenvalue weighted by atomic mass is 16.5. The molecule has 0 bridgehead atoms. The number of nitrogens with one attached hydrogen (secondary N) is 1. The van der Waals surface area contributed by atoms with Gasteiger partial charge in [-0.15, -0.1) is 0 Å². The highest BCUT2D eigenvalue weighted by molar-refractivity contribution is 5.92. The van der Waals surface area contributed by atoms with Crippen LogP contribution in [0.4, 0.5) is 0 Å². The summed E-state index contributed by atoms with van der Waals surface area (Å²) in [4.78, 5) is 25.6. The molecular weight excluding hydrogens is 408 g/mol. The van der Waals surface area contributed by atoms with Crippen LogP contribution in [0.15, 0.2) is 59.6 Å². The molecule has 3 aromatic heterocycles. The van der Waals surface area contributed by atoms with Crippen LogP contribution in [0.25, 0.3) is 17.3 Å². The van der Waals surface area contributed by atoms with Crippen molar-refractivity contribution in [2.45, 2.75) is 33.2 Å². The standard InChI is InChI=1S/C23H24N6O3/c1-3-7-20-27-23(32-28-20)16-10-11-24-21(12-16)29-14-18(26-15-29)22(30)25-13-17-8-5-6-9-19(17)31-4-2/h5-6,8-12,14-15H,3-4,7,13H2,1-2H3,(H,25,30). The molecule has 32 heavy (non-hydrogen) atoms. The Morgan fingerprint density at radius 3 is 2.91 bits per heavy atom. The van der Waals surface area contributed by atoms with Crippen molar-refractivity contribution < 1.29 is 14.1 Å². The Kier molecular flexibility index (Phi) is 6.54. The molecule has 0 spiro atoms. The lowest BCUT2D eigenvalue weighted by atomic mass is 10.2. The van der Waals surface area contributed by atoms with Crippen LogP contribution in [0.3, 0.4) is 0 Å². The molecule has 0 saturated heterocycles. The van der Waals surface area contributed by atoms with Crippen LogP contribution in [-0.4, -0.2) is 37.2 Å². The number of hydrogen-bond donors (Lipinski definition) is 1. The number of carbonyl (C=O) groups excluding carboxylic acids is 1. The van der Waals surface area contributed by atoms with E-state index < -0.39 is 0 Å². The Morgan fingerprint density at radius 2 is 2.06 bits per heavy atom. The Hall–Kier alpha value is -4.01. The molecule has 4 aromatic rings. The monoisotopic (exact) mass is 432 g/mol. The Balaban J connectivity index is 1.46. The minimum Gasteiger partial charge on any atom is -0.494 e. The Morgan fingerprint density at radius 1 is 1.19 bits per heavy atom. The van der Waals surface area contributed by atoms with Crippen molar-refractivity contribution >= 4 is 5.91 Å². The molecule has 1 aromatic carbocycles. The van der Waals surface area contributed by atoms with Gasteiger partial charge in [-0.1, -0.05) is 30.3 Å². The highest BCUT2D eigenvalue weighted by Crippen LogP contribution is 2.20. The summed E-state index contributed by atoms with van der Waals surface area (Å²) in [5.74, 6) is 2.17. The number of pyridine rings is 1. The van der Waals surface area contributed by atoms with Crippen LogP contribution in [0, 0.1) is 0 Å². The van der Waals surface area contributed by atoms with Crippen LogP contribution >= 0.6 is 0 Å². The number of hydrogen-bond acceptors (Lipinski definition) is 7. The lowest BCUT2D eigenvalue weighted by Gasteiger charge is -2.10. The lowest BCUT2D eigenvalue weighted by Crippen LogP contribution is -2.23. The molecule has 0 atom stereocenters. The summed E-state index contributed by atoms with van der Waals surface area (Å²) in [6, 6.07) is 11.2. The first-order chi connectivity index (χ1) is 15.7. The van der Waals surface area contributed by atoms with Gasteiger partial charge in [-0.2, -0.15) is 4.98 Å². The second-order valence-corrected chi connectivity index (χ2v) is 7.06. The molecule has 0 saturated carbocycles. The number of carbonyl (C=O) groups is 1. The highest BCUT2D eigenvalue weighted by Gasteiger charge is 2.14. The third kappa shape index (κ3) is 4.83. The topological polar surface area (TPSA) is 108 Å². The van der Waals surface area contributed by atoms with Crippen molar-refractivity contribution in [2.24, 2.45) is 0 Å². The summed E-state index contributed by atoms with van der Waals surface area (Å²) >= 11 is 0. The number of rotatable bonds is 9. The lowest BCUT2D eigenvalue weighted by molar-refractivity contribution is 0.0946. The summed E-state index contributed by atoms with van der Waals surface area (Å²) in [5.41, 5.74) is 1.93. The Labute approximate surface area is 185 Å². The van der Waals surface area contributed by atoms with Gasteiger partial charge in [0, 0.05) is 36.5 Å². The number of imidazole rings is 1. The molecule has 0 aliphatic carbocycles. The second-order valence-electron chi connectivity index (χ2n) is 7.06. The SMILES string of the molecule is CCCc1noc(-c2ccnc(-n3cnc(C(=O)NCc4ccccc4OCC)c3)c2)n1. The number of nitrogens with zero attached hydrogens (tertiary/aromatic N) is 5. The molecule has 0 aliphatic rings. The van der Waals surface area contributed by atoms with Crippen molar-refractivity contribution in [2.75, 3.05) is 6.61 Å². The first-order valence-corrected chi connectivity index (χ1v) is 10.5. The zero-order chi connectivity index (χ0) is 22.3. The molecule has 3 heterocycles. The molecule has 0 unspecified atom stereocenters. The van der Waals surface area contributed by atoms with Crippen molar-refractivity contribution in [3.63, 3.8) is 0 Å². The second kappa shape index (κ2) is 9.86. The normalized spacial score (nSPS) is 10.8. The van der Waals surface area contributed by atoms with E-state index >= 15 is 0 Å². The third-order valence-electron chi connectivity index (χ3n) is 4.73. The number of aromatic nitrogens is 5. The van der Waals surface area contributed by atoms with E-state index in [1.54, 1.807) is 29.4 Å². The Bertz CT molecular complexity index is 1200. The minimum atomic E-state index is -0.285. The fourth-order valence-electron chi connectivity index (χ4n) is 3.17. The van der Waals surface area contributed by atoms with Crippen LogP contribution < -0.4 is 10.1 Å². The van der Waals surface area contributed by atoms with E-state index in [-0.39, 0.29) is 11.6 Å². The fourth-order valence-corrected chi connectivity index (χ4v) is 3.17. The predicted octanol–water partition coefficient (Wildman–Crippen LogP) is 3.60. The van der Waals surface area contributed by atoms with E-state index in [1.807, 2.05) is 37.3 Å². The zero-order valence-corrected chi connectivity index (χ0v) is 18.0. The summed E-state index contributed by atoms with van der Waals surface area (Å²) in [6.07, 6.45) is 6.53. The molecule has 1 N–H and O–H groups in total. The smallest absolute Gasteiger partial charge is 0.271 e. The molecule has 1 amide bonds. The van der Waals surface area contributed by atoms with Crippen molar-refractivity contribution in [3.8, 4) is 23.0 Å². The van der Waals surface area contributed by atoms with Gasteiger partial charge < -0.3 is 14.6 Å². The maximum atomic E-state index is 12.6. The molecule has 0 fully saturated rings. The molecule has 164 valence electrons. The van der Waals surface area contributed by atoms with Gasteiger partial charge in [-0.25, -0.2) is 9.97 Å². The molecular formula is C23H24N6O3. The molecule has 4 rings (SSSR count). The number of benzene rings is 1. The first kappa shape index (κ1) is 21.2. The molecule has 9 heteroatoms. The minimum absolute atomic E-state index is 0.285. The third-order valence-corrected chi connectivity index (χ3v) is 4.73. The summed E-state index contributed by atoms with van der Waals surface area (Å²) in [7, 11) is 0. The zero-order valence-electron chi connectivity index (χ0n) is 18.0. The van der Waals surface area contributed by atoms with Gasteiger partial charge in [-0.05, 0) is 31.5 Å². The molecule has 9 nitrogen and oxygen atoms in total. The summed E-state index contributed by atoms with van der Waals surface area (Å²) in [6.45, 7) is 4.89. The first-order valence-electron chi connectivity index (χ1n) is 10.5. The number of para-hydroxylation sites is 1. The van der Waals surface area contributed by atoms with Crippen molar-refractivity contribution in [1.29, 1.82) is 0 Å². The van der Waals surface area contributed by atoms with Gasteiger partial charge in [0.25, 0.3) is 11.8 Å².